The predicted octanol–water partition coefficient (Wildman–Crippen LogP) is 1.22. The number of benzene rings is 1. The number of cyclic esters (lactones) is 1. The molecule has 0 aromatic heterocycles. The lowest BCUT2D eigenvalue weighted by atomic mass is 10.2. The number of rotatable bonds is 4. The fourth-order valence-corrected chi connectivity index (χ4v) is 2.96. The Morgan fingerprint density at radius 1 is 1.29 bits per heavy atom. The highest BCUT2D eigenvalue weighted by molar-refractivity contribution is 5.87. The molecular weight excluding hydrogens is 312 g/mol. The maximum Gasteiger partial charge on any atom is 0.410 e. The van der Waals surface area contributed by atoms with Crippen LogP contribution in [0.5, 0.6) is 0 Å². The summed E-state index contributed by atoms with van der Waals surface area (Å²) in [5.41, 5.74) is 0.896. The molecule has 2 saturated heterocycles. The van der Waals surface area contributed by atoms with Gasteiger partial charge in [-0.15, -0.1) is 0 Å². The normalized spacial score (nSPS) is 23.0. The zero-order valence-corrected chi connectivity index (χ0v) is 13.3. The minimum atomic E-state index is -0.552. The third kappa shape index (κ3) is 3.84. The Morgan fingerprint density at radius 3 is 2.79 bits per heavy atom. The van der Waals surface area contributed by atoms with E-state index >= 15 is 0 Å². The Labute approximate surface area is 139 Å². The van der Waals surface area contributed by atoms with Gasteiger partial charge >= 0.3 is 12.1 Å². The molecule has 3 rings (SSSR count). The van der Waals surface area contributed by atoms with E-state index in [9.17, 15) is 14.4 Å². The van der Waals surface area contributed by atoms with Crippen LogP contribution in [0, 0.1) is 0 Å². The van der Waals surface area contributed by atoms with Crippen molar-refractivity contribution in [3.05, 3.63) is 35.9 Å². The van der Waals surface area contributed by atoms with Crippen molar-refractivity contribution < 1.29 is 23.9 Å². The van der Waals surface area contributed by atoms with E-state index in [4.69, 9.17) is 9.47 Å². The molecule has 7 nitrogen and oxygen atoms in total. The van der Waals surface area contributed by atoms with Gasteiger partial charge in [0.05, 0.1) is 12.5 Å². The zero-order valence-electron chi connectivity index (χ0n) is 13.3. The standard InChI is InChI=1S/C17H20N2O5/c20-15-9-13(11-23-15)18-16(21)14-7-4-8-19(14)17(22)24-10-12-5-2-1-3-6-12/h1-3,5-6,13-14H,4,7-11H2,(H,18,21). The number of hydrogen-bond acceptors (Lipinski definition) is 5. The molecule has 1 aromatic carbocycles. The molecule has 2 fully saturated rings. The fraction of sp³-hybridized carbons (Fsp3) is 0.471. The van der Waals surface area contributed by atoms with E-state index in [0.717, 1.165) is 12.0 Å². The van der Waals surface area contributed by atoms with Crippen LogP contribution in [-0.2, 0) is 25.7 Å². The van der Waals surface area contributed by atoms with E-state index in [0.29, 0.717) is 13.0 Å². The molecular formula is C17H20N2O5. The fourth-order valence-electron chi connectivity index (χ4n) is 2.96. The summed E-state index contributed by atoms with van der Waals surface area (Å²) in [4.78, 5) is 37.2. The van der Waals surface area contributed by atoms with Crippen molar-refractivity contribution in [1.82, 2.24) is 10.2 Å². The molecule has 0 radical (unpaired) electrons. The first kappa shape index (κ1) is 16.3. The third-order valence-corrected chi connectivity index (χ3v) is 4.20. The highest BCUT2D eigenvalue weighted by Crippen LogP contribution is 2.20. The number of nitrogens with one attached hydrogen (secondary N) is 1. The minimum absolute atomic E-state index is 0.176. The van der Waals surface area contributed by atoms with Crippen LogP contribution in [0.15, 0.2) is 30.3 Å². The Morgan fingerprint density at radius 2 is 2.08 bits per heavy atom. The summed E-state index contributed by atoms with van der Waals surface area (Å²) >= 11 is 0. The van der Waals surface area contributed by atoms with Crippen LogP contribution in [0.3, 0.4) is 0 Å². The van der Waals surface area contributed by atoms with E-state index in [1.165, 1.54) is 4.90 Å². The third-order valence-electron chi connectivity index (χ3n) is 4.20. The van der Waals surface area contributed by atoms with Crippen LogP contribution in [0.1, 0.15) is 24.8 Å². The van der Waals surface area contributed by atoms with Crippen molar-refractivity contribution in [2.24, 2.45) is 0 Å². The first-order valence-corrected chi connectivity index (χ1v) is 8.07. The number of nitrogens with zero attached hydrogens (tertiary/aromatic N) is 1. The van der Waals surface area contributed by atoms with E-state index in [1.807, 2.05) is 30.3 Å². The highest BCUT2D eigenvalue weighted by atomic mass is 16.6. The van der Waals surface area contributed by atoms with Crippen molar-refractivity contribution in [2.75, 3.05) is 13.2 Å². The lowest BCUT2D eigenvalue weighted by Gasteiger charge is -2.24. The van der Waals surface area contributed by atoms with Gasteiger partial charge in [0, 0.05) is 6.54 Å². The van der Waals surface area contributed by atoms with Gasteiger partial charge in [-0.05, 0) is 18.4 Å². The molecule has 7 heteroatoms. The number of carbonyl (C=O) groups is 3. The second kappa shape index (κ2) is 7.33. The molecule has 2 unspecified atom stereocenters. The van der Waals surface area contributed by atoms with Gasteiger partial charge in [-0.1, -0.05) is 30.3 Å². The van der Waals surface area contributed by atoms with Gasteiger partial charge in [0.1, 0.15) is 19.3 Å². The van der Waals surface area contributed by atoms with Crippen LogP contribution in [0.4, 0.5) is 4.79 Å². The van der Waals surface area contributed by atoms with Crippen molar-refractivity contribution >= 4 is 18.0 Å². The molecule has 0 saturated carbocycles. The summed E-state index contributed by atoms with van der Waals surface area (Å²) in [7, 11) is 0. The SMILES string of the molecule is O=C1CC(NC(=O)C2CCCN2C(=O)OCc2ccccc2)CO1. The number of likely N-dealkylation sites (tertiary alicyclic amines) is 1. The van der Waals surface area contributed by atoms with Crippen LogP contribution >= 0.6 is 0 Å². The summed E-state index contributed by atoms with van der Waals surface area (Å²) in [6.45, 7) is 0.858. The molecule has 2 amide bonds. The number of esters is 1. The maximum atomic E-state index is 12.4. The second-order valence-corrected chi connectivity index (χ2v) is 5.98. The Balaban J connectivity index is 1.53. The quantitative estimate of drug-likeness (QED) is 0.838. The molecule has 2 aliphatic heterocycles. The first-order chi connectivity index (χ1) is 11.6. The summed E-state index contributed by atoms with van der Waals surface area (Å²) in [6.07, 6.45) is 1.03. The number of carbonyl (C=O) groups excluding carboxylic acids is 3. The molecule has 24 heavy (non-hydrogen) atoms. The van der Waals surface area contributed by atoms with Crippen LogP contribution < -0.4 is 5.32 Å². The molecule has 0 bridgehead atoms. The summed E-state index contributed by atoms with van der Waals surface area (Å²) in [6, 6.07) is 8.53. The van der Waals surface area contributed by atoms with Gasteiger partial charge in [-0.2, -0.15) is 0 Å². The van der Waals surface area contributed by atoms with Gasteiger partial charge < -0.3 is 14.8 Å². The van der Waals surface area contributed by atoms with E-state index < -0.39 is 12.1 Å². The average molecular weight is 332 g/mol. The van der Waals surface area contributed by atoms with E-state index in [-0.39, 0.29) is 37.6 Å². The van der Waals surface area contributed by atoms with Gasteiger partial charge in [-0.25, -0.2) is 4.79 Å². The zero-order chi connectivity index (χ0) is 16.9. The van der Waals surface area contributed by atoms with Gasteiger partial charge in [0.15, 0.2) is 0 Å². The van der Waals surface area contributed by atoms with Crippen molar-refractivity contribution in [1.29, 1.82) is 0 Å². The topological polar surface area (TPSA) is 84.9 Å². The van der Waals surface area contributed by atoms with Crippen LogP contribution in [-0.4, -0.2) is 48.1 Å². The van der Waals surface area contributed by atoms with Gasteiger partial charge in [0.25, 0.3) is 0 Å². The smallest absolute Gasteiger partial charge is 0.410 e. The summed E-state index contributed by atoms with van der Waals surface area (Å²) < 4.78 is 10.1. The number of hydrogen-bond donors (Lipinski definition) is 1. The van der Waals surface area contributed by atoms with Crippen LogP contribution in [0.25, 0.3) is 0 Å². The summed E-state index contributed by atoms with van der Waals surface area (Å²) in [5.74, 6) is -0.571. The lowest BCUT2D eigenvalue weighted by Crippen LogP contribution is -2.49. The largest absolute Gasteiger partial charge is 0.463 e. The predicted molar refractivity (Wildman–Crippen MR) is 83.9 cm³/mol. The molecule has 1 N–H and O–H groups in total. The molecule has 2 atom stereocenters. The monoisotopic (exact) mass is 332 g/mol. The molecule has 0 spiro atoms. The molecule has 1 aromatic rings. The summed E-state index contributed by atoms with van der Waals surface area (Å²) in [5, 5.41) is 2.78. The van der Waals surface area contributed by atoms with E-state index in [2.05, 4.69) is 5.32 Å². The number of amides is 2. The molecule has 128 valence electrons. The first-order valence-electron chi connectivity index (χ1n) is 8.07. The lowest BCUT2D eigenvalue weighted by molar-refractivity contribution is -0.138. The Bertz CT molecular complexity index is 619. The van der Waals surface area contributed by atoms with Crippen LogP contribution in [0.2, 0.25) is 0 Å². The Hall–Kier alpha value is -2.57. The van der Waals surface area contributed by atoms with Gasteiger partial charge in [0.2, 0.25) is 5.91 Å². The molecule has 2 aliphatic rings. The van der Waals surface area contributed by atoms with Crippen molar-refractivity contribution in [3.8, 4) is 0 Å². The minimum Gasteiger partial charge on any atom is -0.463 e. The van der Waals surface area contributed by atoms with Crippen molar-refractivity contribution in [3.63, 3.8) is 0 Å². The van der Waals surface area contributed by atoms with E-state index in [1.54, 1.807) is 0 Å². The van der Waals surface area contributed by atoms with Gasteiger partial charge in [-0.3, -0.25) is 14.5 Å². The maximum absolute atomic E-state index is 12.4. The molecule has 0 aliphatic carbocycles. The average Bonchev–Trinajstić information content (AvgIpc) is 3.22. The number of ether oxygens (including phenoxy) is 2. The second-order valence-electron chi connectivity index (χ2n) is 5.98. The highest BCUT2D eigenvalue weighted by Gasteiger charge is 2.37. The Kier molecular flexibility index (Phi) is 4.98. The molecule has 2 heterocycles. The van der Waals surface area contributed by atoms with Crippen molar-refractivity contribution in [2.45, 2.75) is 38.0 Å².